The molecule has 0 aliphatic carbocycles. The first kappa shape index (κ1) is 19.8. The molecule has 4 rings (SSSR count). The van der Waals surface area contributed by atoms with Gasteiger partial charge in [0.2, 0.25) is 0 Å². The van der Waals surface area contributed by atoms with Gasteiger partial charge < -0.3 is 14.8 Å². The van der Waals surface area contributed by atoms with Crippen molar-refractivity contribution in [2.45, 2.75) is 19.8 Å². The number of H-pyrrole nitrogens is 1. The molecule has 0 atom stereocenters. The van der Waals surface area contributed by atoms with Crippen molar-refractivity contribution in [2.75, 3.05) is 26.1 Å². The lowest BCUT2D eigenvalue weighted by atomic mass is 10.1. The number of nitrogens with one attached hydrogen (secondary N) is 2. The predicted octanol–water partition coefficient (Wildman–Crippen LogP) is 4.24. The highest BCUT2D eigenvalue weighted by Gasteiger charge is 2.19. The second kappa shape index (κ2) is 8.06. The van der Waals surface area contributed by atoms with Crippen molar-refractivity contribution in [2.24, 2.45) is 0 Å². The maximum Gasteiger partial charge on any atom is 0.282 e. The second-order valence-electron chi connectivity index (χ2n) is 6.94. The lowest BCUT2D eigenvalue weighted by molar-refractivity contribution is 0.356. The summed E-state index contributed by atoms with van der Waals surface area (Å²) in [5.74, 6) is 1.22. The van der Waals surface area contributed by atoms with Gasteiger partial charge in [0.15, 0.2) is 11.5 Å². The number of benzene rings is 2. The molecule has 0 saturated carbocycles. The molecule has 2 N–H and O–H groups in total. The zero-order chi connectivity index (χ0) is 21.3. The fraction of sp³-hybridized carbons (Fsp3) is 0.273. The fourth-order valence-electron chi connectivity index (χ4n) is 3.47. The Labute approximate surface area is 172 Å². The molecule has 0 aliphatic heterocycles. The molecule has 2 heterocycles. The van der Waals surface area contributed by atoms with E-state index in [4.69, 9.17) is 14.5 Å². The molecule has 0 aliphatic rings. The molecule has 0 unspecified atom stereocenters. The van der Waals surface area contributed by atoms with E-state index in [1.807, 2.05) is 0 Å². The topological polar surface area (TPSA) is 81.2 Å². The standard InChI is InChI=1S/C22H23FN4O3/c1-4-5-10-24-21-19-20(15-11-17(29-2)18(30-3)12-16(15)25-21)26-27(22(19)28)14-8-6-13(23)7-9-14/h6-9,11-12,26H,4-5,10H2,1-3H3,(H,24,25). The third-order valence-corrected chi connectivity index (χ3v) is 5.04. The van der Waals surface area contributed by atoms with Crippen LogP contribution < -0.4 is 20.3 Å². The molecule has 0 saturated heterocycles. The largest absolute Gasteiger partial charge is 0.493 e. The van der Waals surface area contributed by atoms with Crippen LogP contribution in [-0.2, 0) is 0 Å². The first-order valence-corrected chi connectivity index (χ1v) is 9.77. The number of rotatable bonds is 7. The minimum absolute atomic E-state index is 0.264. The van der Waals surface area contributed by atoms with Crippen molar-refractivity contribution in [1.82, 2.24) is 14.8 Å². The highest BCUT2D eigenvalue weighted by atomic mass is 19.1. The minimum atomic E-state index is -0.367. The molecule has 8 heteroatoms. The smallest absolute Gasteiger partial charge is 0.282 e. The quantitative estimate of drug-likeness (QED) is 0.446. The van der Waals surface area contributed by atoms with E-state index >= 15 is 0 Å². The Balaban J connectivity index is 2.02. The normalized spacial score (nSPS) is 11.2. The van der Waals surface area contributed by atoms with Gasteiger partial charge in [-0.05, 0) is 36.8 Å². The van der Waals surface area contributed by atoms with Crippen molar-refractivity contribution >= 4 is 27.6 Å². The van der Waals surface area contributed by atoms with Crippen LogP contribution in [0.2, 0.25) is 0 Å². The summed E-state index contributed by atoms with van der Waals surface area (Å²) >= 11 is 0. The second-order valence-corrected chi connectivity index (χ2v) is 6.94. The number of pyridine rings is 1. The molecule has 0 bridgehead atoms. The third-order valence-electron chi connectivity index (χ3n) is 5.04. The number of fused-ring (bicyclic) bond motifs is 3. The Bertz CT molecular complexity index is 1260. The lowest BCUT2D eigenvalue weighted by Crippen LogP contribution is -2.15. The van der Waals surface area contributed by atoms with Crippen molar-refractivity contribution in [3.05, 3.63) is 52.6 Å². The summed E-state index contributed by atoms with van der Waals surface area (Å²) < 4.78 is 25.6. The molecule has 0 radical (unpaired) electrons. The van der Waals surface area contributed by atoms with Crippen LogP contribution in [-0.4, -0.2) is 35.5 Å². The van der Waals surface area contributed by atoms with Gasteiger partial charge in [-0.15, -0.1) is 0 Å². The molecular formula is C22H23FN4O3. The van der Waals surface area contributed by atoms with Crippen LogP contribution in [0, 0.1) is 5.82 Å². The number of halogens is 1. The summed E-state index contributed by atoms with van der Waals surface area (Å²) in [7, 11) is 3.12. The average Bonchev–Trinajstić information content (AvgIpc) is 3.11. The van der Waals surface area contributed by atoms with E-state index in [1.165, 1.54) is 16.8 Å². The predicted molar refractivity (Wildman–Crippen MR) is 116 cm³/mol. The molecular weight excluding hydrogens is 387 g/mol. The summed E-state index contributed by atoms with van der Waals surface area (Å²) in [4.78, 5) is 18.0. The van der Waals surface area contributed by atoms with E-state index in [0.717, 1.165) is 18.2 Å². The molecule has 2 aromatic heterocycles. The zero-order valence-corrected chi connectivity index (χ0v) is 17.1. The summed E-state index contributed by atoms with van der Waals surface area (Å²) in [5, 5.41) is 7.62. The average molecular weight is 410 g/mol. The lowest BCUT2D eigenvalue weighted by Gasteiger charge is -2.11. The number of methoxy groups -OCH3 is 2. The summed E-state index contributed by atoms with van der Waals surface area (Å²) in [6.45, 7) is 2.79. The van der Waals surface area contributed by atoms with Gasteiger partial charge in [0.25, 0.3) is 5.56 Å². The Hall–Kier alpha value is -3.55. The van der Waals surface area contributed by atoms with Crippen LogP contribution in [0.5, 0.6) is 11.5 Å². The number of hydrogen-bond donors (Lipinski definition) is 2. The van der Waals surface area contributed by atoms with Crippen molar-refractivity contribution < 1.29 is 13.9 Å². The zero-order valence-electron chi connectivity index (χ0n) is 17.1. The van der Waals surface area contributed by atoms with E-state index in [0.29, 0.717) is 46.0 Å². The number of anilines is 1. The Kier molecular flexibility index (Phi) is 5.31. The van der Waals surface area contributed by atoms with E-state index < -0.39 is 0 Å². The Morgan fingerprint density at radius 2 is 1.83 bits per heavy atom. The van der Waals surface area contributed by atoms with Crippen LogP contribution in [0.1, 0.15) is 19.8 Å². The molecule has 0 spiro atoms. The van der Waals surface area contributed by atoms with E-state index in [9.17, 15) is 9.18 Å². The van der Waals surface area contributed by atoms with Gasteiger partial charge in [0.1, 0.15) is 17.0 Å². The van der Waals surface area contributed by atoms with E-state index in [-0.39, 0.29) is 11.4 Å². The number of aromatic amines is 1. The third kappa shape index (κ3) is 3.34. The molecule has 0 fully saturated rings. The van der Waals surface area contributed by atoms with Gasteiger partial charge in [-0.1, -0.05) is 13.3 Å². The van der Waals surface area contributed by atoms with Crippen molar-refractivity contribution in [3.63, 3.8) is 0 Å². The van der Waals surface area contributed by atoms with Crippen molar-refractivity contribution in [1.29, 1.82) is 0 Å². The highest BCUT2D eigenvalue weighted by Crippen LogP contribution is 2.35. The van der Waals surface area contributed by atoms with Crippen LogP contribution in [0.15, 0.2) is 41.2 Å². The number of hydrogen-bond acceptors (Lipinski definition) is 5. The van der Waals surface area contributed by atoms with Gasteiger partial charge in [-0.25, -0.2) is 14.1 Å². The minimum Gasteiger partial charge on any atom is -0.493 e. The number of unbranched alkanes of at least 4 members (excludes halogenated alkanes) is 1. The molecule has 7 nitrogen and oxygen atoms in total. The fourth-order valence-corrected chi connectivity index (χ4v) is 3.47. The van der Waals surface area contributed by atoms with Gasteiger partial charge in [0.05, 0.1) is 30.9 Å². The van der Waals surface area contributed by atoms with Gasteiger partial charge in [0, 0.05) is 18.0 Å². The number of aromatic nitrogens is 3. The van der Waals surface area contributed by atoms with E-state index in [1.54, 1.807) is 38.5 Å². The van der Waals surface area contributed by atoms with Crippen LogP contribution in [0.4, 0.5) is 10.2 Å². The Morgan fingerprint density at radius 3 is 2.50 bits per heavy atom. The number of nitrogens with zero attached hydrogens (tertiary/aromatic N) is 2. The van der Waals surface area contributed by atoms with Crippen LogP contribution in [0.3, 0.4) is 0 Å². The maximum absolute atomic E-state index is 13.4. The Morgan fingerprint density at radius 1 is 1.13 bits per heavy atom. The first-order valence-electron chi connectivity index (χ1n) is 9.77. The molecule has 0 amide bonds. The number of ether oxygens (including phenoxy) is 2. The summed E-state index contributed by atoms with van der Waals surface area (Å²) in [6.07, 6.45) is 1.96. The monoisotopic (exact) mass is 410 g/mol. The van der Waals surface area contributed by atoms with Gasteiger partial charge in [-0.3, -0.25) is 9.89 Å². The summed E-state index contributed by atoms with van der Waals surface area (Å²) in [5.41, 5.74) is 1.55. The van der Waals surface area contributed by atoms with E-state index in [2.05, 4.69) is 17.3 Å². The maximum atomic E-state index is 13.4. The van der Waals surface area contributed by atoms with Crippen LogP contribution >= 0.6 is 0 Å². The van der Waals surface area contributed by atoms with Crippen molar-refractivity contribution in [3.8, 4) is 17.2 Å². The molecule has 4 aromatic rings. The summed E-state index contributed by atoms with van der Waals surface area (Å²) in [6, 6.07) is 9.32. The van der Waals surface area contributed by atoms with Gasteiger partial charge >= 0.3 is 0 Å². The van der Waals surface area contributed by atoms with Gasteiger partial charge in [-0.2, -0.15) is 0 Å². The molecule has 30 heavy (non-hydrogen) atoms. The SMILES string of the molecule is CCCCNc1nc2cc(OC)c(OC)cc2c2[nH]n(-c3ccc(F)cc3)c(=O)c12. The van der Waals surface area contributed by atoms with Crippen LogP contribution in [0.25, 0.3) is 27.5 Å². The molecule has 156 valence electrons. The molecule has 2 aromatic carbocycles. The first-order chi connectivity index (χ1) is 14.6. The highest BCUT2D eigenvalue weighted by molar-refractivity contribution is 6.08.